The van der Waals surface area contributed by atoms with E-state index in [1.807, 2.05) is 6.92 Å². The Balaban J connectivity index is 2.70. The van der Waals surface area contributed by atoms with Gasteiger partial charge in [0.1, 0.15) is 5.69 Å². The summed E-state index contributed by atoms with van der Waals surface area (Å²) in [7, 11) is 0. The molecule has 1 rings (SSSR count). The van der Waals surface area contributed by atoms with Gasteiger partial charge in [0.2, 0.25) is 0 Å². The first-order valence-electron chi connectivity index (χ1n) is 4.06. The smallest absolute Gasteiger partial charge is 0.255 e. The molecule has 0 aromatic carbocycles. The monoisotopic (exact) mass is 181 g/mol. The third kappa shape index (κ3) is 2.14. The first-order chi connectivity index (χ1) is 6.29. The van der Waals surface area contributed by atoms with Crippen LogP contribution in [0.2, 0.25) is 0 Å². The quantitative estimate of drug-likeness (QED) is 0.658. The maximum absolute atomic E-state index is 11.3. The molecule has 1 heterocycles. The fraction of sp³-hybridized carbons (Fsp3) is 0.375. The molecule has 5 nitrogen and oxygen atoms in total. The molecular weight excluding hydrogens is 170 g/mol. The zero-order valence-electron chi connectivity index (χ0n) is 7.33. The van der Waals surface area contributed by atoms with Crippen molar-refractivity contribution in [2.45, 2.75) is 13.3 Å². The molecular formula is C8H11N3O2. The van der Waals surface area contributed by atoms with Gasteiger partial charge in [-0.15, -0.1) is 0 Å². The van der Waals surface area contributed by atoms with E-state index >= 15 is 0 Å². The number of hydrogen-bond donors (Lipinski definition) is 2. The van der Waals surface area contributed by atoms with Crippen LogP contribution in [0.15, 0.2) is 6.20 Å². The average molecular weight is 181 g/mol. The van der Waals surface area contributed by atoms with E-state index < -0.39 is 0 Å². The summed E-state index contributed by atoms with van der Waals surface area (Å²) >= 11 is 0. The molecule has 0 saturated carbocycles. The molecule has 5 heteroatoms. The van der Waals surface area contributed by atoms with Crippen LogP contribution >= 0.6 is 0 Å². The molecule has 13 heavy (non-hydrogen) atoms. The van der Waals surface area contributed by atoms with Crippen molar-refractivity contribution in [3.63, 3.8) is 0 Å². The lowest BCUT2D eigenvalue weighted by Crippen LogP contribution is -2.24. The van der Waals surface area contributed by atoms with Gasteiger partial charge in [-0.2, -0.15) is 5.10 Å². The standard InChI is InChI=1S/C8H11N3O2/c1-2-3-9-8(13)6-4-10-11-7(6)5-12/h4-5H,2-3H2,1H3,(H,9,13)(H,10,11). The van der Waals surface area contributed by atoms with Crippen LogP contribution in [-0.4, -0.2) is 28.9 Å². The molecule has 0 atom stereocenters. The van der Waals surface area contributed by atoms with E-state index in [1.54, 1.807) is 0 Å². The van der Waals surface area contributed by atoms with Gasteiger partial charge in [-0.25, -0.2) is 0 Å². The van der Waals surface area contributed by atoms with E-state index in [1.165, 1.54) is 6.20 Å². The number of aromatic amines is 1. The van der Waals surface area contributed by atoms with Gasteiger partial charge in [-0.1, -0.05) is 6.92 Å². The van der Waals surface area contributed by atoms with E-state index in [0.29, 0.717) is 18.4 Å². The SMILES string of the molecule is CCCNC(=O)c1c[nH]nc1C=O. The van der Waals surface area contributed by atoms with E-state index in [4.69, 9.17) is 0 Å². The summed E-state index contributed by atoms with van der Waals surface area (Å²) in [4.78, 5) is 21.7. The molecule has 1 aromatic heterocycles. The van der Waals surface area contributed by atoms with Gasteiger partial charge in [0.15, 0.2) is 6.29 Å². The summed E-state index contributed by atoms with van der Waals surface area (Å²) in [5.74, 6) is -0.266. The highest BCUT2D eigenvalue weighted by atomic mass is 16.1. The number of rotatable bonds is 4. The van der Waals surface area contributed by atoms with E-state index in [9.17, 15) is 9.59 Å². The summed E-state index contributed by atoms with van der Waals surface area (Å²) in [5.41, 5.74) is 0.442. The van der Waals surface area contributed by atoms with Crippen LogP contribution in [0.1, 0.15) is 34.2 Å². The van der Waals surface area contributed by atoms with Crippen LogP contribution in [0.5, 0.6) is 0 Å². The van der Waals surface area contributed by atoms with Crippen LogP contribution in [0.25, 0.3) is 0 Å². The van der Waals surface area contributed by atoms with Gasteiger partial charge in [0.05, 0.1) is 5.56 Å². The molecule has 1 amide bonds. The number of carbonyl (C=O) groups is 2. The van der Waals surface area contributed by atoms with Crippen LogP contribution in [-0.2, 0) is 0 Å². The fourth-order valence-corrected chi connectivity index (χ4v) is 0.906. The number of nitrogens with zero attached hydrogens (tertiary/aromatic N) is 1. The Labute approximate surface area is 75.5 Å². The Kier molecular flexibility index (Phi) is 3.19. The van der Waals surface area contributed by atoms with E-state index in [2.05, 4.69) is 15.5 Å². The van der Waals surface area contributed by atoms with Crippen LogP contribution < -0.4 is 5.32 Å². The lowest BCUT2D eigenvalue weighted by molar-refractivity contribution is 0.0948. The molecule has 0 aliphatic heterocycles. The first-order valence-corrected chi connectivity index (χ1v) is 4.06. The largest absolute Gasteiger partial charge is 0.352 e. The molecule has 0 radical (unpaired) electrons. The Morgan fingerprint density at radius 1 is 1.77 bits per heavy atom. The molecule has 1 aromatic rings. The van der Waals surface area contributed by atoms with E-state index in [0.717, 1.165) is 6.42 Å². The molecule has 0 bridgehead atoms. The third-order valence-corrected chi connectivity index (χ3v) is 1.56. The van der Waals surface area contributed by atoms with Crippen molar-refractivity contribution in [1.82, 2.24) is 15.5 Å². The minimum Gasteiger partial charge on any atom is -0.352 e. The van der Waals surface area contributed by atoms with Gasteiger partial charge >= 0.3 is 0 Å². The van der Waals surface area contributed by atoms with Gasteiger partial charge < -0.3 is 5.32 Å². The highest BCUT2D eigenvalue weighted by molar-refractivity contribution is 6.00. The Bertz CT molecular complexity index is 306. The predicted molar refractivity (Wildman–Crippen MR) is 46.6 cm³/mol. The van der Waals surface area contributed by atoms with Crippen molar-refractivity contribution < 1.29 is 9.59 Å². The topological polar surface area (TPSA) is 74.8 Å². The second-order valence-electron chi connectivity index (χ2n) is 2.56. The summed E-state index contributed by atoms with van der Waals surface area (Å²) in [6.45, 7) is 2.55. The van der Waals surface area contributed by atoms with Crippen molar-refractivity contribution in [1.29, 1.82) is 0 Å². The number of carbonyl (C=O) groups excluding carboxylic acids is 2. The van der Waals surface area contributed by atoms with Crippen LogP contribution in [0.3, 0.4) is 0 Å². The first kappa shape index (κ1) is 9.44. The molecule has 2 N–H and O–H groups in total. The van der Waals surface area contributed by atoms with Crippen molar-refractivity contribution in [3.8, 4) is 0 Å². The number of nitrogens with one attached hydrogen (secondary N) is 2. The molecule has 0 spiro atoms. The maximum Gasteiger partial charge on any atom is 0.255 e. The van der Waals surface area contributed by atoms with Gasteiger partial charge in [0, 0.05) is 12.7 Å². The molecule has 0 saturated heterocycles. The number of H-pyrrole nitrogens is 1. The lowest BCUT2D eigenvalue weighted by Gasteiger charge is -1.99. The summed E-state index contributed by atoms with van der Waals surface area (Å²) < 4.78 is 0. The maximum atomic E-state index is 11.3. The van der Waals surface area contributed by atoms with Crippen molar-refractivity contribution in [2.75, 3.05) is 6.54 Å². The van der Waals surface area contributed by atoms with Crippen molar-refractivity contribution in [3.05, 3.63) is 17.5 Å². The third-order valence-electron chi connectivity index (χ3n) is 1.56. The van der Waals surface area contributed by atoms with Gasteiger partial charge in [0.25, 0.3) is 5.91 Å². The highest BCUT2D eigenvalue weighted by Gasteiger charge is 2.11. The minimum absolute atomic E-state index is 0.147. The van der Waals surface area contributed by atoms with Gasteiger partial charge in [-0.05, 0) is 6.42 Å². The Morgan fingerprint density at radius 3 is 3.15 bits per heavy atom. The molecule has 0 unspecified atom stereocenters. The Morgan fingerprint density at radius 2 is 2.54 bits per heavy atom. The normalized spacial score (nSPS) is 9.62. The second kappa shape index (κ2) is 4.39. The predicted octanol–water partition coefficient (Wildman–Crippen LogP) is 0.362. The number of hydrogen-bond acceptors (Lipinski definition) is 3. The fourth-order valence-electron chi connectivity index (χ4n) is 0.906. The Hall–Kier alpha value is -1.65. The summed E-state index contributed by atoms with van der Waals surface area (Å²) in [6.07, 6.45) is 2.83. The molecule has 0 aliphatic carbocycles. The zero-order valence-corrected chi connectivity index (χ0v) is 7.33. The summed E-state index contributed by atoms with van der Waals surface area (Å²) in [5, 5.41) is 8.73. The van der Waals surface area contributed by atoms with E-state index in [-0.39, 0.29) is 11.6 Å². The van der Waals surface area contributed by atoms with Gasteiger partial charge in [-0.3, -0.25) is 14.7 Å². The van der Waals surface area contributed by atoms with Crippen molar-refractivity contribution in [2.24, 2.45) is 0 Å². The number of aromatic nitrogens is 2. The van der Waals surface area contributed by atoms with Crippen molar-refractivity contribution >= 4 is 12.2 Å². The minimum atomic E-state index is -0.266. The second-order valence-corrected chi connectivity index (χ2v) is 2.56. The zero-order chi connectivity index (χ0) is 9.68. The number of aldehydes is 1. The summed E-state index contributed by atoms with van der Waals surface area (Å²) in [6, 6.07) is 0. The molecule has 0 aliphatic rings. The lowest BCUT2D eigenvalue weighted by atomic mass is 10.2. The van der Waals surface area contributed by atoms with Crippen LogP contribution in [0, 0.1) is 0 Å². The number of amides is 1. The molecule has 70 valence electrons. The molecule has 0 fully saturated rings. The highest BCUT2D eigenvalue weighted by Crippen LogP contribution is 2.00. The average Bonchev–Trinajstić information content (AvgIpc) is 2.61. The van der Waals surface area contributed by atoms with Crippen LogP contribution in [0.4, 0.5) is 0 Å².